The van der Waals surface area contributed by atoms with Crippen LogP contribution in [-0.4, -0.2) is 18.2 Å². The van der Waals surface area contributed by atoms with Crippen LogP contribution in [0.25, 0.3) is 0 Å². The molecule has 0 aromatic carbocycles. The maximum atomic E-state index is 8.19. The number of nitrogens with zero attached hydrogens (tertiary/aromatic N) is 2. The van der Waals surface area contributed by atoms with Crippen molar-refractivity contribution in [2.45, 2.75) is 13.3 Å². The predicted octanol–water partition coefficient (Wildman–Crippen LogP) is 1.53. The molecule has 0 fully saturated rings. The number of hydrogen-bond acceptors (Lipinski definition) is 4. The summed E-state index contributed by atoms with van der Waals surface area (Å²) in [6.07, 6.45) is 0.859. The summed E-state index contributed by atoms with van der Waals surface area (Å²) in [7, 11) is 0. The molecule has 0 aliphatic rings. The lowest BCUT2D eigenvalue weighted by Gasteiger charge is -1.97. The fraction of sp³-hybridized carbons (Fsp3) is 0.500. The maximum absolute atomic E-state index is 8.19. The van der Waals surface area contributed by atoms with Crippen molar-refractivity contribution in [2.24, 2.45) is 0 Å². The standard InChI is InChI=1S/C8H10N2OS/c1-7-8(12-6-10-7)2-4-11-5-3-9/h6H,2,4-5H2,1H3. The minimum atomic E-state index is 0.178. The number of aryl methyl sites for hydroxylation is 1. The minimum Gasteiger partial charge on any atom is -0.366 e. The Labute approximate surface area is 75.6 Å². The van der Waals surface area contributed by atoms with E-state index in [-0.39, 0.29) is 6.61 Å². The van der Waals surface area contributed by atoms with Crippen LogP contribution in [0.15, 0.2) is 5.51 Å². The topological polar surface area (TPSA) is 45.9 Å². The van der Waals surface area contributed by atoms with Crippen molar-refractivity contribution in [2.75, 3.05) is 13.2 Å². The molecule has 0 bridgehead atoms. The van der Waals surface area contributed by atoms with E-state index >= 15 is 0 Å². The van der Waals surface area contributed by atoms with Crippen molar-refractivity contribution >= 4 is 11.3 Å². The molecule has 3 nitrogen and oxygen atoms in total. The third-order valence-corrected chi connectivity index (χ3v) is 2.48. The lowest BCUT2D eigenvalue weighted by molar-refractivity contribution is 0.170. The second-order valence-corrected chi connectivity index (χ2v) is 3.26. The molecule has 12 heavy (non-hydrogen) atoms. The third-order valence-electron chi connectivity index (χ3n) is 1.48. The van der Waals surface area contributed by atoms with Crippen molar-refractivity contribution in [1.82, 2.24) is 4.98 Å². The molecule has 4 heteroatoms. The number of aromatic nitrogens is 1. The third kappa shape index (κ3) is 2.61. The lowest BCUT2D eigenvalue weighted by Crippen LogP contribution is -1.98. The highest BCUT2D eigenvalue weighted by molar-refractivity contribution is 7.09. The first-order valence-electron chi connectivity index (χ1n) is 3.68. The van der Waals surface area contributed by atoms with Crippen LogP contribution in [0.2, 0.25) is 0 Å². The normalized spacial score (nSPS) is 9.67. The Hall–Kier alpha value is -0.920. The Bertz CT molecular complexity index is 277. The largest absolute Gasteiger partial charge is 0.366 e. The summed E-state index contributed by atoms with van der Waals surface area (Å²) >= 11 is 1.63. The number of rotatable bonds is 4. The Balaban J connectivity index is 2.25. The highest BCUT2D eigenvalue weighted by Crippen LogP contribution is 2.12. The van der Waals surface area contributed by atoms with E-state index in [9.17, 15) is 0 Å². The van der Waals surface area contributed by atoms with Crippen LogP contribution in [0.4, 0.5) is 0 Å². The predicted molar refractivity (Wildman–Crippen MR) is 47.0 cm³/mol. The average molecular weight is 182 g/mol. The number of nitriles is 1. The van der Waals surface area contributed by atoms with Gasteiger partial charge in [0.25, 0.3) is 0 Å². The first-order chi connectivity index (χ1) is 5.84. The SMILES string of the molecule is Cc1ncsc1CCOCC#N. The van der Waals surface area contributed by atoms with E-state index in [0.29, 0.717) is 6.61 Å². The zero-order valence-electron chi connectivity index (χ0n) is 6.91. The molecule has 64 valence electrons. The molecule has 0 saturated carbocycles. The van der Waals surface area contributed by atoms with E-state index in [1.165, 1.54) is 4.88 Å². The van der Waals surface area contributed by atoms with Gasteiger partial charge in [-0.05, 0) is 6.92 Å². The summed E-state index contributed by atoms with van der Waals surface area (Å²) in [6.45, 7) is 2.77. The smallest absolute Gasteiger partial charge is 0.133 e. The molecule has 0 aliphatic heterocycles. The average Bonchev–Trinajstić information content (AvgIpc) is 2.46. The van der Waals surface area contributed by atoms with Crippen LogP contribution in [-0.2, 0) is 11.2 Å². The second-order valence-electron chi connectivity index (χ2n) is 2.32. The van der Waals surface area contributed by atoms with Crippen molar-refractivity contribution in [3.05, 3.63) is 16.1 Å². The van der Waals surface area contributed by atoms with Gasteiger partial charge >= 0.3 is 0 Å². The van der Waals surface area contributed by atoms with Crippen molar-refractivity contribution in [3.63, 3.8) is 0 Å². The molecule has 0 spiro atoms. The van der Waals surface area contributed by atoms with E-state index in [1.54, 1.807) is 11.3 Å². The second kappa shape index (κ2) is 4.86. The van der Waals surface area contributed by atoms with Crippen LogP contribution >= 0.6 is 11.3 Å². The molecule has 0 radical (unpaired) electrons. The summed E-state index contributed by atoms with van der Waals surface area (Å²) in [5.74, 6) is 0. The molecule has 1 heterocycles. The molecule has 0 unspecified atom stereocenters. The Kier molecular flexibility index (Phi) is 3.71. The maximum Gasteiger partial charge on any atom is 0.133 e. The zero-order chi connectivity index (χ0) is 8.81. The fourth-order valence-electron chi connectivity index (χ4n) is 0.849. The first kappa shape index (κ1) is 9.17. The highest BCUT2D eigenvalue weighted by Gasteiger charge is 1.99. The molecule has 0 atom stereocenters. The van der Waals surface area contributed by atoms with Gasteiger partial charge in [0.2, 0.25) is 0 Å². The van der Waals surface area contributed by atoms with Gasteiger partial charge in [0.15, 0.2) is 0 Å². The van der Waals surface area contributed by atoms with Crippen LogP contribution in [0.5, 0.6) is 0 Å². The minimum absolute atomic E-state index is 0.178. The number of hydrogen-bond donors (Lipinski definition) is 0. The van der Waals surface area contributed by atoms with E-state index < -0.39 is 0 Å². The van der Waals surface area contributed by atoms with Gasteiger partial charge in [0, 0.05) is 11.3 Å². The molecule has 1 rings (SSSR count). The highest BCUT2D eigenvalue weighted by atomic mass is 32.1. The Morgan fingerprint density at radius 1 is 1.75 bits per heavy atom. The fourth-order valence-corrected chi connectivity index (χ4v) is 1.61. The van der Waals surface area contributed by atoms with E-state index in [0.717, 1.165) is 12.1 Å². The molecule has 0 saturated heterocycles. The molecule has 0 N–H and O–H groups in total. The molecule has 1 aromatic heterocycles. The van der Waals surface area contributed by atoms with Crippen LogP contribution in [0, 0.1) is 18.3 Å². The summed E-state index contributed by atoms with van der Waals surface area (Å²) in [4.78, 5) is 5.36. The van der Waals surface area contributed by atoms with E-state index in [4.69, 9.17) is 10.00 Å². The van der Waals surface area contributed by atoms with Crippen molar-refractivity contribution < 1.29 is 4.74 Å². The van der Waals surface area contributed by atoms with Gasteiger partial charge < -0.3 is 4.74 Å². The van der Waals surface area contributed by atoms with Gasteiger partial charge in [-0.15, -0.1) is 11.3 Å². The zero-order valence-corrected chi connectivity index (χ0v) is 7.73. The van der Waals surface area contributed by atoms with Crippen molar-refractivity contribution in [1.29, 1.82) is 5.26 Å². The van der Waals surface area contributed by atoms with Gasteiger partial charge in [0.05, 0.1) is 23.9 Å². The monoisotopic (exact) mass is 182 g/mol. The summed E-state index contributed by atoms with van der Waals surface area (Å²) in [5.41, 5.74) is 2.90. The van der Waals surface area contributed by atoms with Crippen LogP contribution < -0.4 is 0 Å². The lowest BCUT2D eigenvalue weighted by atomic mass is 10.3. The summed E-state index contributed by atoms with van der Waals surface area (Å²) in [6, 6.07) is 1.93. The van der Waals surface area contributed by atoms with Crippen LogP contribution in [0.1, 0.15) is 10.6 Å². The van der Waals surface area contributed by atoms with Gasteiger partial charge in [-0.2, -0.15) is 5.26 Å². The molecule has 0 aliphatic carbocycles. The molecular weight excluding hydrogens is 172 g/mol. The van der Waals surface area contributed by atoms with Gasteiger partial charge in [0.1, 0.15) is 6.61 Å². The summed E-state index contributed by atoms with van der Waals surface area (Å²) < 4.78 is 5.03. The molecule has 1 aromatic rings. The van der Waals surface area contributed by atoms with Gasteiger partial charge in [-0.25, -0.2) is 4.98 Å². The first-order valence-corrected chi connectivity index (χ1v) is 4.56. The van der Waals surface area contributed by atoms with Crippen molar-refractivity contribution in [3.8, 4) is 6.07 Å². The quantitative estimate of drug-likeness (QED) is 0.663. The van der Waals surface area contributed by atoms with E-state index in [1.807, 2.05) is 18.5 Å². The summed E-state index contributed by atoms with van der Waals surface area (Å²) in [5, 5.41) is 8.19. The Morgan fingerprint density at radius 3 is 3.17 bits per heavy atom. The number of ether oxygens (including phenoxy) is 1. The van der Waals surface area contributed by atoms with Gasteiger partial charge in [-0.3, -0.25) is 0 Å². The van der Waals surface area contributed by atoms with E-state index in [2.05, 4.69) is 4.98 Å². The van der Waals surface area contributed by atoms with Crippen LogP contribution in [0.3, 0.4) is 0 Å². The molecule has 0 amide bonds. The number of thiazole rings is 1. The van der Waals surface area contributed by atoms with Gasteiger partial charge in [-0.1, -0.05) is 0 Å². The molecular formula is C8H10N2OS. The Morgan fingerprint density at radius 2 is 2.58 bits per heavy atom.